The van der Waals surface area contributed by atoms with Crippen molar-refractivity contribution in [3.8, 4) is 0 Å². The van der Waals surface area contributed by atoms with Crippen LogP contribution in [0, 0.1) is 11.8 Å². The first-order valence-electron chi connectivity index (χ1n) is 8.60. The first-order chi connectivity index (χ1) is 10.7. The second kappa shape index (κ2) is 11.6. The first-order valence-corrected chi connectivity index (χ1v) is 8.60. The molecule has 23 heavy (non-hydrogen) atoms. The van der Waals surface area contributed by atoms with Crippen LogP contribution in [0.25, 0.3) is 0 Å². The van der Waals surface area contributed by atoms with Crippen molar-refractivity contribution >= 4 is 6.09 Å². The van der Waals surface area contributed by atoms with Crippen molar-refractivity contribution < 1.29 is 19.0 Å². The smallest absolute Gasteiger partial charge is 0.407 e. The van der Waals surface area contributed by atoms with Gasteiger partial charge in [0.1, 0.15) is 5.60 Å². The fourth-order valence-corrected chi connectivity index (χ4v) is 2.00. The Bertz CT molecular complexity index is 310. The minimum absolute atomic E-state index is 0.225. The molecule has 0 spiro atoms. The molecule has 6 heteroatoms. The molecule has 138 valence electrons. The van der Waals surface area contributed by atoms with Gasteiger partial charge in [-0.1, -0.05) is 13.8 Å². The van der Waals surface area contributed by atoms with E-state index in [0.29, 0.717) is 38.1 Å². The molecule has 1 amide bonds. The van der Waals surface area contributed by atoms with Crippen molar-refractivity contribution in [3.05, 3.63) is 0 Å². The molecule has 0 radical (unpaired) electrons. The lowest BCUT2D eigenvalue weighted by Gasteiger charge is -2.25. The molecule has 6 nitrogen and oxygen atoms in total. The van der Waals surface area contributed by atoms with Crippen LogP contribution in [-0.4, -0.2) is 50.8 Å². The van der Waals surface area contributed by atoms with Gasteiger partial charge in [0, 0.05) is 32.8 Å². The molecule has 0 saturated carbocycles. The second-order valence-corrected chi connectivity index (χ2v) is 6.89. The summed E-state index contributed by atoms with van der Waals surface area (Å²) in [6.07, 6.45) is -0.596. The fourth-order valence-electron chi connectivity index (χ4n) is 2.00. The Balaban J connectivity index is 4.18. The molecule has 0 saturated heterocycles. The summed E-state index contributed by atoms with van der Waals surface area (Å²) in [4.78, 5) is 11.7. The van der Waals surface area contributed by atoms with Crippen LogP contribution in [0.3, 0.4) is 0 Å². The number of carbonyl (C=O) groups is 1. The topological polar surface area (TPSA) is 68.8 Å². The standard InChI is InChI=1S/C17H36N2O4/c1-8-21-15(22-9-2)12-18-10-14(13(3)4)11-19-16(20)23-17(5,6)7/h13-15,18H,8-12H2,1-7H3,(H,19,20). The van der Waals surface area contributed by atoms with Crippen LogP contribution >= 0.6 is 0 Å². The summed E-state index contributed by atoms with van der Waals surface area (Å²) in [6.45, 7) is 17.0. The predicted octanol–water partition coefficient (Wildman–Crippen LogP) is 2.77. The number of hydrogen-bond acceptors (Lipinski definition) is 5. The van der Waals surface area contributed by atoms with E-state index < -0.39 is 5.60 Å². The number of carbonyl (C=O) groups excluding carboxylic acids is 1. The molecular formula is C17H36N2O4. The molecule has 0 bridgehead atoms. The van der Waals surface area contributed by atoms with Gasteiger partial charge in [-0.3, -0.25) is 0 Å². The zero-order valence-electron chi connectivity index (χ0n) is 15.9. The summed E-state index contributed by atoms with van der Waals surface area (Å²) in [6, 6.07) is 0. The lowest BCUT2D eigenvalue weighted by Crippen LogP contribution is -2.41. The van der Waals surface area contributed by atoms with Gasteiger partial charge in [-0.15, -0.1) is 0 Å². The van der Waals surface area contributed by atoms with E-state index in [1.807, 2.05) is 34.6 Å². The van der Waals surface area contributed by atoms with E-state index >= 15 is 0 Å². The molecule has 2 N–H and O–H groups in total. The molecule has 0 heterocycles. The average molecular weight is 332 g/mol. The van der Waals surface area contributed by atoms with Crippen LogP contribution in [0.2, 0.25) is 0 Å². The number of amides is 1. The maximum Gasteiger partial charge on any atom is 0.407 e. The Morgan fingerprint density at radius 1 is 1.00 bits per heavy atom. The van der Waals surface area contributed by atoms with Crippen LogP contribution in [0.5, 0.6) is 0 Å². The Labute approximate surface area is 141 Å². The molecule has 0 aromatic rings. The summed E-state index contributed by atoms with van der Waals surface area (Å²) in [5.41, 5.74) is -0.474. The fraction of sp³-hybridized carbons (Fsp3) is 0.941. The van der Waals surface area contributed by atoms with Crippen molar-refractivity contribution in [3.63, 3.8) is 0 Å². The third-order valence-electron chi connectivity index (χ3n) is 3.27. The van der Waals surface area contributed by atoms with Crippen molar-refractivity contribution in [2.45, 2.75) is 60.4 Å². The zero-order chi connectivity index (χ0) is 17.9. The summed E-state index contributed by atoms with van der Waals surface area (Å²) in [5, 5.41) is 6.21. The molecule has 0 aromatic carbocycles. The van der Waals surface area contributed by atoms with Gasteiger partial charge in [0.05, 0.1) is 0 Å². The summed E-state index contributed by atoms with van der Waals surface area (Å²) in [5.74, 6) is 0.751. The molecule has 0 aliphatic rings. The number of nitrogens with one attached hydrogen (secondary N) is 2. The maximum absolute atomic E-state index is 11.7. The minimum Gasteiger partial charge on any atom is -0.444 e. The van der Waals surface area contributed by atoms with Gasteiger partial charge in [0.2, 0.25) is 0 Å². The van der Waals surface area contributed by atoms with Crippen molar-refractivity contribution in [2.24, 2.45) is 11.8 Å². The van der Waals surface area contributed by atoms with E-state index in [2.05, 4.69) is 24.5 Å². The molecular weight excluding hydrogens is 296 g/mol. The van der Waals surface area contributed by atoms with Gasteiger partial charge < -0.3 is 24.8 Å². The van der Waals surface area contributed by atoms with Crippen molar-refractivity contribution in [1.82, 2.24) is 10.6 Å². The van der Waals surface area contributed by atoms with Gasteiger partial charge in [-0.25, -0.2) is 4.79 Å². The highest BCUT2D eigenvalue weighted by Crippen LogP contribution is 2.10. The summed E-state index contributed by atoms with van der Waals surface area (Å²) in [7, 11) is 0. The average Bonchev–Trinajstić information content (AvgIpc) is 2.40. The van der Waals surface area contributed by atoms with E-state index in [9.17, 15) is 4.79 Å². The molecule has 0 rings (SSSR count). The minimum atomic E-state index is -0.474. The van der Waals surface area contributed by atoms with Crippen molar-refractivity contribution in [1.29, 1.82) is 0 Å². The van der Waals surface area contributed by atoms with Crippen molar-refractivity contribution in [2.75, 3.05) is 32.8 Å². The SMILES string of the molecule is CCOC(CNCC(CNC(=O)OC(C)(C)C)C(C)C)OCC. The van der Waals surface area contributed by atoms with Crippen LogP contribution in [0.1, 0.15) is 48.5 Å². The Kier molecular flexibility index (Phi) is 11.2. The van der Waals surface area contributed by atoms with Crippen LogP contribution in [-0.2, 0) is 14.2 Å². The van der Waals surface area contributed by atoms with E-state index in [-0.39, 0.29) is 12.4 Å². The van der Waals surface area contributed by atoms with E-state index in [4.69, 9.17) is 14.2 Å². The Hall–Kier alpha value is -0.850. The lowest BCUT2D eigenvalue weighted by atomic mass is 9.96. The normalized spacial score (nSPS) is 13.4. The predicted molar refractivity (Wildman–Crippen MR) is 92.5 cm³/mol. The number of hydrogen-bond donors (Lipinski definition) is 2. The Morgan fingerprint density at radius 3 is 2.00 bits per heavy atom. The third-order valence-corrected chi connectivity index (χ3v) is 3.27. The van der Waals surface area contributed by atoms with E-state index in [0.717, 1.165) is 6.54 Å². The Morgan fingerprint density at radius 2 is 1.57 bits per heavy atom. The number of alkyl carbamates (subject to hydrolysis) is 1. The largest absolute Gasteiger partial charge is 0.444 e. The van der Waals surface area contributed by atoms with Gasteiger partial charge in [-0.05, 0) is 46.5 Å². The molecule has 1 atom stereocenters. The molecule has 1 unspecified atom stereocenters. The molecule has 0 fully saturated rings. The molecule has 0 aromatic heterocycles. The highest BCUT2D eigenvalue weighted by molar-refractivity contribution is 5.67. The van der Waals surface area contributed by atoms with Crippen LogP contribution in [0.15, 0.2) is 0 Å². The number of rotatable bonds is 11. The van der Waals surface area contributed by atoms with Gasteiger partial charge in [-0.2, -0.15) is 0 Å². The molecule has 0 aliphatic carbocycles. The second-order valence-electron chi connectivity index (χ2n) is 6.89. The van der Waals surface area contributed by atoms with Gasteiger partial charge in [0.15, 0.2) is 6.29 Å². The van der Waals surface area contributed by atoms with Gasteiger partial charge >= 0.3 is 6.09 Å². The first kappa shape index (κ1) is 22.1. The van der Waals surface area contributed by atoms with Crippen LogP contribution < -0.4 is 10.6 Å². The monoisotopic (exact) mass is 332 g/mol. The maximum atomic E-state index is 11.7. The third kappa shape index (κ3) is 12.3. The number of ether oxygens (including phenoxy) is 3. The highest BCUT2D eigenvalue weighted by Gasteiger charge is 2.19. The summed E-state index contributed by atoms with van der Waals surface area (Å²) >= 11 is 0. The summed E-state index contributed by atoms with van der Waals surface area (Å²) < 4.78 is 16.3. The van der Waals surface area contributed by atoms with Crippen LogP contribution in [0.4, 0.5) is 4.79 Å². The quantitative estimate of drug-likeness (QED) is 0.569. The van der Waals surface area contributed by atoms with E-state index in [1.165, 1.54) is 0 Å². The highest BCUT2D eigenvalue weighted by atomic mass is 16.7. The zero-order valence-corrected chi connectivity index (χ0v) is 15.9. The molecule has 0 aliphatic heterocycles. The van der Waals surface area contributed by atoms with Gasteiger partial charge in [0.25, 0.3) is 0 Å². The van der Waals surface area contributed by atoms with E-state index in [1.54, 1.807) is 0 Å². The lowest BCUT2D eigenvalue weighted by molar-refractivity contribution is -0.133.